The Morgan fingerprint density at radius 3 is 2.38 bits per heavy atom. The molecule has 2 aliphatic heterocycles. The first-order chi connectivity index (χ1) is 11.5. The van der Waals surface area contributed by atoms with Crippen LogP contribution >= 0.6 is 0 Å². The molecule has 0 amide bonds. The number of aromatic carboxylic acids is 1. The zero-order chi connectivity index (χ0) is 17.2. The van der Waals surface area contributed by atoms with E-state index in [9.17, 15) is 13.2 Å². The summed E-state index contributed by atoms with van der Waals surface area (Å²) >= 11 is 0. The zero-order valence-electron chi connectivity index (χ0n) is 13.4. The number of ether oxygens (including phenoxy) is 1. The summed E-state index contributed by atoms with van der Waals surface area (Å²) in [4.78, 5) is 10.9. The number of hydrogen-bond donors (Lipinski definition) is 1. The Kier molecular flexibility index (Phi) is 5.19. The Balaban J connectivity index is 1.72. The van der Waals surface area contributed by atoms with Gasteiger partial charge in [-0.25, -0.2) is 4.79 Å². The van der Waals surface area contributed by atoms with E-state index in [-0.39, 0.29) is 11.5 Å². The number of morpholine rings is 1. The number of rotatable bonds is 4. The largest absolute Gasteiger partial charge is 0.478 e. The predicted molar refractivity (Wildman–Crippen MR) is 88.3 cm³/mol. The van der Waals surface area contributed by atoms with Crippen LogP contribution in [0.25, 0.3) is 0 Å². The van der Waals surface area contributed by atoms with Crippen LogP contribution in [0, 0.1) is 0 Å². The van der Waals surface area contributed by atoms with Gasteiger partial charge in [-0.3, -0.25) is 0 Å². The molecule has 8 heteroatoms. The monoisotopic (exact) mass is 354 g/mol. The van der Waals surface area contributed by atoms with Gasteiger partial charge in [-0.15, -0.1) is 0 Å². The van der Waals surface area contributed by atoms with Gasteiger partial charge in [-0.1, -0.05) is 12.1 Å². The summed E-state index contributed by atoms with van der Waals surface area (Å²) in [5, 5.41) is 8.98. The standard InChI is InChI=1S/C16H22N2O5S/c19-16(20)14-5-3-13(4-6-14)15-2-1-7-18(12-15)24(21,22)17-8-10-23-11-9-17/h3-6,15H,1-2,7-12H2,(H,19,20). The summed E-state index contributed by atoms with van der Waals surface area (Å²) in [5.74, 6) is -0.862. The molecule has 2 fully saturated rings. The molecule has 0 radical (unpaired) electrons. The Labute approximate surface area is 142 Å². The summed E-state index contributed by atoms with van der Waals surface area (Å²) in [6, 6.07) is 6.73. The van der Waals surface area contributed by atoms with Crippen LogP contribution in [0.3, 0.4) is 0 Å². The van der Waals surface area contributed by atoms with Crippen LogP contribution < -0.4 is 0 Å². The van der Waals surface area contributed by atoms with E-state index in [1.54, 1.807) is 28.6 Å². The molecule has 1 aromatic rings. The van der Waals surface area contributed by atoms with Crippen molar-refractivity contribution in [3.05, 3.63) is 35.4 Å². The average molecular weight is 354 g/mol. The smallest absolute Gasteiger partial charge is 0.335 e. The van der Waals surface area contributed by atoms with E-state index in [0.29, 0.717) is 39.4 Å². The molecule has 1 unspecified atom stereocenters. The maximum absolute atomic E-state index is 12.8. The van der Waals surface area contributed by atoms with Gasteiger partial charge in [0.05, 0.1) is 18.8 Å². The lowest BCUT2D eigenvalue weighted by atomic mass is 9.91. The number of nitrogens with zero attached hydrogens (tertiary/aromatic N) is 2. The van der Waals surface area contributed by atoms with Gasteiger partial charge >= 0.3 is 5.97 Å². The highest BCUT2D eigenvalue weighted by atomic mass is 32.2. The van der Waals surface area contributed by atoms with Crippen molar-refractivity contribution in [1.29, 1.82) is 0 Å². The van der Waals surface area contributed by atoms with Crippen LogP contribution in [0.4, 0.5) is 0 Å². The molecule has 7 nitrogen and oxygen atoms in total. The molecular formula is C16H22N2O5S. The van der Waals surface area contributed by atoms with Gasteiger partial charge in [-0.2, -0.15) is 17.0 Å². The Hall–Kier alpha value is -1.48. The maximum atomic E-state index is 12.8. The molecule has 0 aromatic heterocycles. The number of hydrogen-bond acceptors (Lipinski definition) is 4. The summed E-state index contributed by atoms with van der Waals surface area (Å²) in [6.45, 7) is 2.64. The summed E-state index contributed by atoms with van der Waals surface area (Å²) in [6.07, 6.45) is 1.70. The van der Waals surface area contributed by atoms with Gasteiger partial charge in [0, 0.05) is 26.2 Å². The topological polar surface area (TPSA) is 87.2 Å². The van der Waals surface area contributed by atoms with Gasteiger partial charge < -0.3 is 9.84 Å². The molecule has 2 aliphatic rings. The van der Waals surface area contributed by atoms with E-state index in [1.807, 2.05) is 0 Å². The Morgan fingerprint density at radius 2 is 1.75 bits per heavy atom. The molecular weight excluding hydrogens is 332 g/mol. The van der Waals surface area contributed by atoms with Crippen LogP contribution in [0.15, 0.2) is 24.3 Å². The summed E-state index contributed by atoms with van der Waals surface area (Å²) < 4.78 is 33.8. The van der Waals surface area contributed by atoms with Crippen molar-refractivity contribution < 1.29 is 23.1 Å². The minimum Gasteiger partial charge on any atom is -0.478 e. The highest BCUT2D eigenvalue weighted by Crippen LogP contribution is 2.29. The Bertz CT molecular complexity index is 683. The highest BCUT2D eigenvalue weighted by molar-refractivity contribution is 7.86. The number of carboxylic acid groups (broad SMARTS) is 1. The van der Waals surface area contributed by atoms with Gasteiger partial charge in [0.1, 0.15) is 0 Å². The molecule has 0 bridgehead atoms. The zero-order valence-corrected chi connectivity index (χ0v) is 14.2. The first-order valence-electron chi connectivity index (χ1n) is 8.15. The lowest BCUT2D eigenvalue weighted by Gasteiger charge is -2.36. The van der Waals surface area contributed by atoms with E-state index in [0.717, 1.165) is 18.4 Å². The number of benzene rings is 1. The molecule has 1 atom stereocenters. The lowest BCUT2D eigenvalue weighted by Crippen LogP contribution is -2.51. The molecule has 0 saturated carbocycles. The minimum absolute atomic E-state index is 0.0948. The summed E-state index contributed by atoms with van der Waals surface area (Å²) in [7, 11) is -3.46. The molecule has 1 N–H and O–H groups in total. The number of piperidine rings is 1. The van der Waals surface area contributed by atoms with E-state index in [4.69, 9.17) is 9.84 Å². The van der Waals surface area contributed by atoms with Crippen LogP contribution in [0.1, 0.15) is 34.7 Å². The molecule has 132 valence electrons. The second-order valence-electron chi connectivity index (χ2n) is 6.14. The molecule has 24 heavy (non-hydrogen) atoms. The van der Waals surface area contributed by atoms with Gasteiger partial charge in [0.25, 0.3) is 10.2 Å². The predicted octanol–water partition coefficient (Wildman–Crippen LogP) is 1.14. The summed E-state index contributed by atoms with van der Waals surface area (Å²) in [5.41, 5.74) is 1.23. The van der Waals surface area contributed by atoms with Crippen molar-refractivity contribution in [2.24, 2.45) is 0 Å². The molecule has 3 rings (SSSR count). The normalized spacial score (nSPS) is 23.9. The van der Waals surface area contributed by atoms with Crippen molar-refractivity contribution in [3.63, 3.8) is 0 Å². The maximum Gasteiger partial charge on any atom is 0.335 e. The van der Waals surface area contributed by atoms with Gasteiger partial charge in [-0.05, 0) is 36.5 Å². The van der Waals surface area contributed by atoms with Crippen LogP contribution in [0.5, 0.6) is 0 Å². The van der Waals surface area contributed by atoms with E-state index in [2.05, 4.69) is 0 Å². The van der Waals surface area contributed by atoms with Crippen LogP contribution in [-0.2, 0) is 14.9 Å². The van der Waals surface area contributed by atoms with Crippen molar-refractivity contribution in [1.82, 2.24) is 8.61 Å². The number of carbonyl (C=O) groups is 1. The third-order valence-corrected chi connectivity index (χ3v) is 6.64. The molecule has 0 spiro atoms. The Morgan fingerprint density at radius 1 is 1.08 bits per heavy atom. The van der Waals surface area contributed by atoms with Crippen molar-refractivity contribution in [3.8, 4) is 0 Å². The first kappa shape index (κ1) is 17.3. The highest BCUT2D eigenvalue weighted by Gasteiger charge is 2.34. The van der Waals surface area contributed by atoms with Crippen molar-refractivity contribution in [2.45, 2.75) is 18.8 Å². The van der Waals surface area contributed by atoms with E-state index < -0.39 is 16.2 Å². The quantitative estimate of drug-likeness (QED) is 0.876. The second kappa shape index (κ2) is 7.18. The molecule has 2 heterocycles. The molecule has 2 saturated heterocycles. The first-order valence-corrected chi connectivity index (χ1v) is 9.54. The average Bonchev–Trinajstić information content (AvgIpc) is 2.62. The van der Waals surface area contributed by atoms with E-state index >= 15 is 0 Å². The fourth-order valence-corrected chi connectivity index (χ4v) is 4.93. The molecule has 0 aliphatic carbocycles. The van der Waals surface area contributed by atoms with Crippen molar-refractivity contribution in [2.75, 3.05) is 39.4 Å². The van der Waals surface area contributed by atoms with E-state index in [1.165, 1.54) is 4.31 Å². The fourth-order valence-electron chi connectivity index (χ4n) is 3.26. The third kappa shape index (κ3) is 3.61. The van der Waals surface area contributed by atoms with Gasteiger partial charge in [0.15, 0.2) is 0 Å². The SMILES string of the molecule is O=C(O)c1ccc(C2CCCN(S(=O)(=O)N3CCOCC3)C2)cc1. The van der Waals surface area contributed by atoms with Crippen LogP contribution in [-0.4, -0.2) is 67.5 Å². The number of carboxylic acids is 1. The van der Waals surface area contributed by atoms with Gasteiger partial charge in [0.2, 0.25) is 0 Å². The third-order valence-electron chi connectivity index (χ3n) is 4.64. The lowest BCUT2D eigenvalue weighted by molar-refractivity contribution is 0.0694. The second-order valence-corrected chi connectivity index (χ2v) is 8.07. The minimum atomic E-state index is -3.46. The molecule has 1 aromatic carbocycles. The van der Waals surface area contributed by atoms with Crippen LogP contribution in [0.2, 0.25) is 0 Å². The van der Waals surface area contributed by atoms with Crippen molar-refractivity contribution >= 4 is 16.2 Å². The fraction of sp³-hybridized carbons (Fsp3) is 0.562.